The SMILES string of the molecule is CC(C)C1CNC(C2CCCCC2)CN1C(C)(C)C1CC1. The van der Waals surface area contributed by atoms with Crippen molar-refractivity contribution >= 4 is 0 Å². The molecule has 0 aromatic heterocycles. The molecule has 0 amide bonds. The smallest absolute Gasteiger partial charge is 0.0249 e. The van der Waals surface area contributed by atoms with Gasteiger partial charge in [0.2, 0.25) is 0 Å². The predicted molar refractivity (Wildman–Crippen MR) is 90.5 cm³/mol. The summed E-state index contributed by atoms with van der Waals surface area (Å²) in [4.78, 5) is 2.91. The fraction of sp³-hybridized carbons (Fsp3) is 1.00. The number of hydrogen-bond donors (Lipinski definition) is 1. The molecular formula is C19H36N2. The molecule has 1 aliphatic heterocycles. The second kappa shape index (κ2) is 6.20. The van der Waals surface area contributed by atoms with Crippen LogP contribution in [0, 0.1) is 17.8 Å². The van der Waals surface area contributed by atoms with E-state index in [2.05, 4.69) is 37.9 Å². The normalized spacial score (nSPS) is 33.6. The lowest BCUT2D eigenvalue weighted by Gasteiger charge is -2.52. The molecule has 2 aliphatic carbocycles. The van der Waals surface area contributed by atoms with Gasteiger partial charge in [-0.2, -0.15) is 0 Å². The fourth-order valence-corrected chi connectivity index (χ4v) is 4.93. The summed E-state index contributed by atoms with van der Waals surface area (Å²) < 4.78 is 0. The number of rotatable bonds is 4. The monoisotopic (exact) mass is 292 g/mol. The molecule has 21 heavy (non-hydrogen) atoms. The number of nitrogens with zero attached hydrogens (tertiary/aromatic N) is 1. The third-order valence-corrected chi connectivity index (χ3v) is 6.69. The van der Waals surface area contributed by atoms with Gasteiger partial charge in [0.05, 0.1) is 0 Å². The van der Waals surface area contributed by atoms with Crippen LogP contribution < -0.4 is 5.32 Å². The zero-order chi connectivity index (χ0) is 15.0. The first-order chi connectivity index (χ1) is 10.00. The largest absolute Gasteiger partial charge is 0.311 e. The van der Waals surface area contributed by atoms with Crippen molar-refractivity contribution in [3.8, 4) is 0 Å². The van der Waals surface area contributed by atoms with Gasteiger partial charge >= 0.3 is 0 Å². The Bertz CT molecular complexity index is 339. The quantitative estimate of drug-likeness (QED) is 0.841. The van der Waals surface area contributed by atoms with Crippen LogP contribution in [0.5, 0.6) is 0 Å². The molecule has 2 atom stereocenters. The van der Waals surface area contributed by atoms with Gasteiger partial charge in [-0.1, -0.05) is 33.1 Å². The molecule has 0 radical (unpaired) electrons. The van der Waals surface area contributed by atoms with Gasteiger partial charge < -0.3 is 5.32 Å². The number of nitrogens with one attached hydrogen (secondary N) is 1. The minimum Gasteiger partial charge on any atom is -0.311 e. The molecule has 2 nitrogen and oxygen atoms in total. The highest BCUT2D eigenvalue weighted by Crippen LogP contribution is 2.45. The number of piperazine rings is 1. The van der Waals surface area contributed by atoms with Gasteiger partial charge in [0, 0.05) is 30.7 Å². The molecule has 1 N–H and O–H groups in total. The maximum atomic E-state index is 3.94. The predicted octanol–water partition coefficient (Wildman–Crippen LogP) is 4.05. The van der Waals surface area contributed by atoms with Crippen LogP contribution >= 0.6 is 0 Å². The topological polar surface area (TPSA) is 15.3 Å². The molecule has 0 bridgehead atoms. The van der Waals surface area contributed by atoms with Crippen LogP contribution in [0.1, 0.15) is 72.6 Å². The van der Waals surface area contributed by atoms with Gasteiger partial charge in [-0.3, -0.25) is 4.90 Å². The molecule has 1 heterocycles. The second-order valence-corrected chi connectivity index (χ2v) is 8.80. The second-order valence-electron chi connectivity index (χ2n) is 8.80. The summed E-state index contributed by atoms with van der Waals surface area (Å²) in [6, 6.07) is 1.47. The van der Waals surface area contributed by atoms with Crippen molar-refractivity contribution in [2.24, 2.45) is 17.8 Å². The molecule has 3 fully saturated rings. The molecule has 122 valence electrons. The lowest BCUT2D eigenvalue weighted by atomic mass is 9.80. The van der Waals surface area contributed by atoms with E-state index in [-0.39, 0.29) is 0 Å². The molecule has 0 aromatic carbocycles. The van der Waals surface area contributed by atoms with Gasteiger partial charge in [0.1, 0.15) is 0 Å². The van der Waals surface area contributed by atoms with Crippen molar-refractivity contribution < 1.29 is 0 Å². The Hall–Kier alpha value is -0.0800. The van der Waals surface area contributed by atoms with Gasteiger partial charge in [-0.15, -0.1) is 0 Å². The van der Waals surface area contributed by atoms with Crippen LogP contribution in [0.4, 0.5) is 0 Å². The van der Waals surface area contributed by atoms with E-state index >= 15 is 0 Å². The first kappa shape index (κ1) is 15.8. The maximum Gasteiger partial charge on any atom is 0.0249 e. The van der Waals surface area contributed by atoms with E-state index in [1.807, 2.05) is 0 Å². The summed E-state index contributed by atoms with van der Waals surface area (Å²) in [5.74, 6) is 2.64. The van der Waals surface area contributed by atoms with Crippen molar-refractivity contribution in [1.82, 2.24) is 10.2 Å². The third-order valence-electron chi connectivity index (χ3n) is 6.69. The van der Waals surface area contributed by atoms with E-state index in [4.69, 9.17) is 0 Å². The Labute approximate surface area is 132 Å². The minimum atomic E-state index is 0.407. The molecular weight excluding hydrogens is 256 g/mol. The fourth-order valence-electron chi connectivity index (χ4n) is 4.93. The van der Waals surface area contributed by atoms with E-state index in [1.165, 1.54) is 58.0 Å². The average Bonchev–Trinajstić information content (AvgIpc) is 3.32. The summed E-state index contributed by atoms with van der Waals surface area (Å²) >= 11 is 0. The van der Waals surface area contributed by atoms with Crippen molar-refractivity contribution in [1.29, 1.82) is 0 Å². The zero-order valence-electron chi connectivity index (χ0n) is 14.7. The highest BCUT2D eigenvalue weighted by Gasteiger charge is 2.47. The first-order valence-corrected chi connectivity index (χ1v) is 9.50. The molecule has 0 spiro atoms. The number of hydrogen-bond acceptors (Lipinski definition) is 2. The molecule has 3 aliphatic rings. The lowest BCUT2D eigenvalue weighted by molar-refractivity contribution is -0.0143. The third kappa shape index (κ3) is 3.32. The molecule has 2 heteroatoms. The van der Waals surface area contributed by atoms with Crippen LogP contribution in [0.3, 0.4) is 0 Å². The molecule has 2 unspecified atom stereocenters. The summed E-state index contributed by atoms with van der Waals surface area (Å²) in [5, 5.41) is 3.94. The van der Waals surface area contributed by atoms with Crippen molar-refractivity contribution in [2.45, 2.75) is 90.3 Å². The van der Waals surface area contributed by atoms with Gasteiger partial charge in [-0.05, 0) is 57.3 Å². The Balaban J connectivity index is 1.71. The Morgan fingerprint density at radius 3 is 2.24 bits per heavy atom. The highest BCUT2D eigenvalue weighted by atomic mass is 15.3. The van der Waals surface area contributed by atoms with E-state index in [0.717, 1.165) is 29.8 Å². The van der Waals surface area contributed by atoms with Crippen molar-refractivity contribution in [3.63, 3.8) is 0 Å². The standard InChI is InChI=1S/C19H36N2/c1-14(2)18-12-20-17(15-8-6-5-7-9-15)13-21(18)19(3,4)16-10-11-16/h14-18,20H,5-13H2,1-4H3. The summed E-state index contributed by atoms with van der Waals surface area (Å²) in [6.45, 7) is 12.3. The van der Waals surface area contributed by atoms with Crippen LogP contribution in [0.2, 0.25) is 0 Å². The van der Waals surface area contributed by atoms with E-state index in [9.17, 15) is 0 Å². The van der Waals surface area contributed by atoms with Crippen LogP contribution in [-0.2, 0) is 0 Å². The summed E-state index contributed by atoms with van der Waals surface area (Å²) in [7, 11) is 0. The first-order valence-electron chi connectivity index (χ1n) is 9.50. The van der Waals surface area contributed by atoms with Gasteiger partial charge in [0.25, 0.3) is 0 Å². The van der Waals surface area contributed by atoms with Gasteiger partial charge in [-0.25, -0.2) is 0 Å². The Morgan fingerprint density at radius 2 is 1.67 bits per heavy atom. The van der Waals surface area contributed by atoms with Crippen molar-refractivity contribution in [2.75, 3.05) is 13.1 Å². The Morgan fingerprint density at radius 1 is 1.00 bits per heavy atom. The molecule has 0 aromatic rings. The Kier molecular flexibility index (Phi) is 4.66. The van der Waals surface area contributed by atoms with E-state index in [0.29, 0.717) is 5.54 Å². The lowest BCUT2D eigenvalue weighted by Crippen LogP contribution is -2.66. The van der Waals surface area contributed by atoms with Gasteiger partial charge in [0.15, 0.2) is 0 Å². The van der Waals surface area contributed by atoms with Crippen LogP contribution in [-0.4, -0.2) is 35.6 Å². The van der Waals surface area contributed by atoms with Crippen LogP contribution in [0.25, 0.3) is 0 Å². The van der Waals surface area contributed by atoms with Crippen molar-refractivity contribution in [3.05, 3.63) is 0 Å². The van der Waals surface area contributed by atoms with Crippen LogP contribution in [0.15, 0.2) is 0 Å². The minimum absolute atomic E-state index is 0.407. The summed E-state index contributed by atoms with van der Waals surface area (Å²) in [5.41, 5.74) is 0.407. The summed E-state index contributed by atoms with van der Waals surface area (Å²) in [6.07, 6.45) is 10.2. The average molecular weight is 293 g/mol. The molecule has 3 rings (SSSR count). The van der Waals surface area contributed by atoms with E-state index < -0.39 is 0 Å². The molecule has 1 saturated heterocycles. The molecule has 2 saturated carbocycles. The van der Waals surface area contributed by atoms with E-state index in [1.54, 1.807) is 0 Å². The zero-order valence-corrected chi connectivity index (χ0v) is 14.7. The maximum absolute atomic E-state index is 3.94. The highest BCUT2D eigenvalue weighted by molar-refractivity contribution is 5.03.